The van der Waals surface area contributed by atoms with Crippen LogP contribution in [-0.2, 0) is 15.7 Å². The fourth-order valence-electron chi connectivity index (χ4n) is 4.23. The van der Waals surface area contributed by atoms with E-state index in [1.54, 1.807) is 12.1 Å². The van der Waals surface area contributed by atoms with E-state index < -0.39 is 16.7 Å². The molecule has 1 N–H and O–H groups in total. The van der Waals surface area contributed by atoms with Crippen LogP contribution in [0, 0.1) is 10.1 Å². The van der Waals surface area contributed by atoms with Crippen LogP contribution < -0.4 is 15.1 Å². The van der Waals surface area contributed by atoms with Crippen LogP contribution in [-0.4, -0.2) is 74.8 Å². The summed E-state index contributed by atoms with van der Waals surface area (Å²) in [6, 6.07) is 9.70. The summed E-state index contributed by atoms with van der Waals surface area (Å²) >= 11 is 0. The van der Waals surface area contributed by atoms with E-state index >= 15 is 0 Å². The van der Waals surface area contributed by atoms with E-state index in [-0.39, 0.29) is 23.8 Å². The van der Waals surface area contributed by atoms with E-state index in [1.807, 2.05) is 9.80 Å². The molecule has 1 amide bonds. The Kier molecular flexibility index (Phi) is 7.41. The number of nitrogens with zero attached hydrogens (tertiary/aromatic N) is 4. The lowest BCUT2D eigenvalue weighted by molar-refractivity contribution is -0.384. The number of benzene rings is 2. The Morgan fingerprint density at radius 1 is 0.971 bits per heavy atom. The van der Waals surface area contributed by atoms with Gasteiger partial charge in [0.25, 0.3) is 5.69 Å². The number of nitrogens with one attached hydrogen (secondary N) is 1. The first-order chi connectivity index (χ1) is 16.7. The van der Waals surface area contributed by atoms with Gasteiger partial charge in [-0.25, -0.2) is 0 Å². The van der Waals surface area contributed by atoms with Gasteiger partial charge >= 0.3 is 6.18 Å². The first kappa shape index (κ1) is 24.7. The number of hydrogen-bond donors (Lipinski definition) is 1. The van der Waals surface area contributed by atoms with Crippen molar-refractivity contribution in [1.29, 1.82) is 0 Å². The van der Waals surface area contributed by atoms with Crippen molar-refractivity contribution in [1.82, 2.24) is 4.90 Å². The Balaban J connectivity index is 1.38. The second-order valence-corrected chi connectivity index (χ2v) is 8.41. The standard InChI is InChI=1S/C23H26F3N5O4/c24-23(25,26)17-1-6-21(30-11-13-35-14-12-30)20(15-17)27-22(32)16-28-7-9-29(10-8-28)18-2-4-19(5-3-18)31(33)34/h1-6,15H,7-14,16H2,(H,27,32). The molecule has 0 aromatic heterocycles. The number of carbonyl (C=O) groups is 1. The number of morpholine rings is 1. The molecule has 0 atom stereocenters. The quantitative estimate of drug-likeness (QED) is 0.488. The first-order valence-electron chi connectivity index (χ1n) is 11.3. The van der Waals surface area contributed by atoms with Crippen LogP contribution in [0.4, 0.5) is 35.9 Å². The molecule has 0 radical (unpaired) electrons. The second kappa shape index (κ2) is 10.5. The maximum Gasteiger partial charge on any atom is 0.416 e. The zero-order valence-corrected chi connectivity index (χ0v) is 19.0. The number of nitro benzene ring substituents is 1. The molecule has 2 aliphatic heterocycles. The van der Waals surface area contributed by atoms with Gasteiger partial charge in [0, 0.05) is 57.1 Å². The average Bonchev–Trinajstić information content (AvgIpc) is 2.84. The van der Waals surface area contributed by atoms with Gasteiger partial charge in [-0.3, -0.25) is 19.8 Å². The van der Waals surface area contributed by atoms with Gasteiger partial charge in [0.15, 0.2) is 0 Å². The van der Waals surface area contributed by atoms with Crippen LogP contribution in [0.1, 0.15) is 5.56 Å². The van der Waals surface area contributed by atoms with Crippen LogP contribution in [0.25, 0.3) is 0 Å². The van der Waals surface area contributed by atoms with Crippen molar-refractivity contribution in [2.45, 2.75) is 6.18 Å². The summed E-state index contributed by atoms with van der Waals surface area (Å²) in [5.41, 5.74) is 0.740. The number of anilines is 3. The number of ether oxygens (including phenoxy) is 1. The number of halogens is 3. The molecule has 2 saturated heterocycles. The minimum Gasteiger partial charge on any atom is -0.378 e. The fraction of sp³-hybridized carbons (Fsp3) is 0.435. The maximum absolute atomic E-state index is 13.3. The summed E-state index contributed by atoms with van der Waals surface area (Å²) in [5.74, 6) is -0.386. The molecule has 188 valence electrons. The highest BCUT2D eigenvalue weighted by Crippen LogP contribution is 2.35. The molecule has 2 heterocycles. The molecule has 2 aliphatic rings. The highest BCUT2D eigenvalue weighted by Gasteiger charge is 2.32. The molecule has 2 aromatic carbocycles. The van der Waals surface area contributed by atoms with Crippen molar-refractivity contribution in [2.24, 2.45) is 0 Å². The minimum atomic E-state index is -4.52. The van der Waals surface area contributed by atoms with Crippen molar-refractivity contribution in [3.05, 3.63) is 58.1 Å². The molecule has 0 spiro atoms. The predicted molar refractivity (Wildman–Crippen MR) is 125 cm³/mol. The Labute approximate surface area is 200 Å². The van der Waals surface area contributed by atoms with Crippen LogP contribution >= 0.6 is 0 Å². The molecule has 2 aromatic rings. The largest absolute Gasteiger partial charge is 0.416 e. The number of piperazine rings is 1. The van der Waals surface area contributed by atoms with E-state index in [0.29, 0.717) is 58.2 Å². The highest BCUT2D eigenvalue weighted by molar-refractivity contribution is 5.96. The average molecular weight is 493 g/mol. The number of amides is 1. The van der Waals surface area contributed by atoms with Crippen LogP contribution in [0.15, 0.2) is 42.5 Å². The van der Waals surface area contributed by atoms with Gasteiger partial charge < -0.3 is 19.9 Å². The van der Waals surface area contributed by atoms with Gasteiger partial charge in [-0.15, -0.1) is 0 Å². The SMILES string of the molecule is O=C(CN1CCN(c2ccc([N+](=O)[O-])cc2)CC1)Nc1cc(C(F)(F)F)ccc1N1CCOCC1. The van der Waals surface area contributed by atoms with E-state index in [1.165, 1.54) is 18.2 Å². The molecule has 0 saturated carbocycles. The van der Waals surface area contributed by atoms with E-state index in [0.717, 1.165) is 17.8 Å². The molecule has 9 nitrogen and oxygen atoms in total. The van der Waals surface area contributed by atoms with Gasteiger partial charge in [-0.2, -0.15) is 13.2 Å². The normalized spacial score (nSPS) is 17.3. The van der Waals surface area contributed by atoms with Gasteiger partial charge in [0.1, 0.15) is 0 Å². The first-order valence-corrected chi connectivity index (χ1v) is 11.3. The second-order valence-electron chi connectivity index (χ2n) is 8.41. The predicted octanol–water partition coefficient (Wildman–Crippen LogP) is 3.21. The lowest BCUT2D eigenvalue weighted by atomic mass is 10.1. The van der Waals surface area contributed by atoms with Crippen molar-refractivity contribution in [2.75, 3.05) is 74.1 Å². The Morgan fingerprint density at radius 2 is 1.63 bits per heavy atom. The lowest BCUT2D eigenvalue weighted by Crippen LogP contribution is -2.48. The molecule has 0 bridgehead atoms. The van der Waals surface area contributed by atoms with Gasteiger partial charge in [0.2, 0.25) is 5.91 Å². The minimum absolute atomic E-state index is 0.0232. The van der Waals surface area contributed by atoms with Crippen molar-refractivity contribution < 1.29 is 27.6 Å². The Bertz CT molecular complexity index is 1050. The Morgan fingerprint density at radius 3 is 2.23 bits per heavy atom. The number of rotatable bonds is 6. The highest BCUT2D eigenvalue weighted by atomic mass is 19.4. The topological polar surface area (TPSA) is 91.2 Å². The maximum atomic E-state index is 13.3. The molecular formula is C23H26F3N5O4. The summed E-state index contributed by atoms with van der Waals surface area (Å²) in [5, 5.41) is 13.5. The van der Waals surface area contributed by atoms with Crippen molar-refractivity contribution >= 4 is 28.7 Å². The third-order valence-corrected chi connectivity index (χ3v) is 6.11. The summed E-state index contributed by atoms with van der Waals surface area (Å²) < 4.78 is 45.2. The van der Waals surface area contributed by atoms with E-state index in [2.05, 4.69) is 10.2 Å². The molecule has 4 rings (SSSR count). The van der Waals surface area contributed by atoms with Crippen LogP contribution in [0.3, 0.4) is 0 Å². The van der Waals surface area contributed by atoms with Crippen LogP contribution in [0.5, 0.6) is 0 Å². The monoisotopic (exact) mass is 493 g/mol. The third-order valence-electron chi connectivity index (χ3n) is 6.11. The molecular weight excluding hydrogens is 467 g/mol. The smallest absolute Gasteiger partial charge is 0.378 e. The lowest BCUT2D eigenvalue weighted by Gasteiger charge is -2.36. The van der Waals surface area contributed by atoms with E-state index in [9.17, 15) is 28.1 Å². The number of alkyl halides is 3. The zero-order valence-electron chi connectivity index (χ0n) is 19.0. The third kappa shape index (κ3) is 6.20. The van der Waals surface area contributed by atoms with Gasteiger partial charge in [-0.1, -0.05) is 0 Å². The fourth-order valence-corrected chi connectivity index (χ4v) is 4.23. The number of non-ortho nitro benzene ring substituents is 1. The molecule has 0 unspecified atom stereocenters. The molecule has 0 aliphatic carbocycles. The number of nitro groups is 1. The summed E-state index contributed by atoms with van der Waals surface area (Å²) in [7, 11) is 0. The number of hydrogen-bond acceptors (Lipinski definition) is 7. The summed E-state index contributed by atoms with van der Waals surface area (Å²) in [6.45, 7) is 4.42. The number of carbonyl (C=O) groups excluding carboxylic acids is 1. The summed E-state index contributed by atoms with van der Waals surface area (Å²) in [6.07, 6.45) is -4.52. The molecule has 35 heavy (non-hydrogen) atoms. The van der Waals surface area contributed by atoms with Crippen LogP contribution in [0.2, 0.25) is 0 Å². The van der Waals surface area contributed by atoms with Gasteiger partial charge in [0.05, 0.1) is 41.6 Å². The zero-order chi connectivity index (χ0) is 25.0. The van der Waals surface area contributed by atoms with Gasteiger partial charge in [-0.05, 0) is 30.3 Å². The van der Waals surface area contributed by atoms with E-state index in [4.69, 9.17) is 4.74 Å². The van der Waals surface area contributed by atoms with Crippen molar-refractivity contribution in [3.63, 3.8) is 0 Å². The molecule has 12 heteroatoms. The molecule has 2 fully saturated rings. The van der Waals surface area contributed by atoms with Crippen molar-refractivity contribution in [3.8, 4) is 0 Å². The summed E-state index contributed by atoms with van der Waals surface area (Å²) in [4.78, 5) is 29.1. The Hall–Kier alpha value is -3.38.